The third-order valence-electron chi connectivity index (χ3n) is 3.78. The molecule has 5 nitrogen and oxygen atoms in total. The zero-order valence-electron chi connectivity index (χ0n) is 12.7. The smallest absolute Gasteiger partial charge is 0.165 e. The predicted molar refractivity (Wildman–Crippen MR) is 86.0 cm³/mol. The van der Waals surface area contributed by atoms with Gasteiger partial charge in [-0.15, -0.1) is 0 Å². The Morgan fingerprint density at radius 2 is 2.14 bits per heavy atom. The summed E-state index contributed by atoms with van der Waals surface area (Å²) in [5.41, 5.74) is 1.50. The van der Waals surface area contributed by atoms with Gasteiger partial charge >= 0.3 is 0 Å². The van der Waals surface area contributed by atoms with Crippen LogP contribution in [0.2, 0.25) is 0 Å². The molecule has 1 atom stereocenters. The number of hydrogen-bond acceptors (Lipinski definition) is 5. The van der Waals surface area contributed by atoms with E-state index in [1.807, 2.05) is 25.1 Å². The Bertz CT molecular complexity index is 640. The van der Waals surface area contributed by atoms with Crippen molar-refractivity contribution in [1.82, 2.24) is 9.97 Å². The van der Waals surface area contributed by atoms with Gasteiger partial charge in [-0.1, -0.05) is 12.1 Å². The number of nitrogens with zero attached hydrogens (tertiary/aromatic N) is 2. The summed E-state index contributed by atoms with van der Waals surface area (Å²) < 4.78 is 5.72. The summed E-state index contributed by atoms with van der Waals surface area (Å²) in [6.45, 7) is 3.52. The quantitative estimate of drug-likeness (QED) is 0.908. The number of phenols is 1. The molecule has 2 heterocycles. The number of aromatic hydroxyl groups is 1. The van der Waals surface area contributed by atoms with Crippen LogP contribution in [0.3, 0.4) is 0 Å². The molecule has 3 rings (SSSR count). The molecule has 2 aromatic rings. The molecule has 1 fully saturated rings. The van der Waals surface area contributed by atoms with E-state index in [0.29, 0.717) is 11.4 Å². The van der Waals surface area contributed by atoms with Crippen LogP contribution in [0, 0.1) is 6.92 Å². The molecule has 2 N–H and O–H groups in total. The van der Waals surface area contributed by atoms with Gasteiger partial charge in [0.1, 0.15) is 11.6 Å². The number of nitrogens with one attached hydrogen (secondary N) is 1. The van der Waals surface area contributed by atoms with Gasteiger partial charge in [-0.2, -0.15) is 0 Å². The van der Waals surface area contributed by atoms with E-state index in [1.54, 1.807) is 12.1 Å². The molecule has 1 aliphatic heterocycles. The van der Waals surface area contributed by atoms with Crippen LogP contribution in [0.15, 0.2) is 30.3 Å². The molecule has 0 bridgehead atoms. The highest BCUT2D eigenvalue weighted by Gasteiger charge is 2.14. The molecular weight excluding hydrogens is 278 g/mol. The van der Waals surface area contributed by atoms with Crippen molar-refractivity contribution in [1.29, 1.82) is 0 Å². The van der Waals surface area contributed by atoms with Crippen molar-refractivity contribution in [3.05, 3.63) is 36.0 Å². The number of ether oxygens (including phenoxy) is 1. The van der Waals surface area contributed by atoms with Crippen molar-refractivity contribution in [3.8, 4) is 17.1 Å². The molecular formula is C17H21N3O2. The highest BCUT2D eigenvalue weighted by molar-refractivity contribution is 5.64. The largest absolute Gasteiger partial charge is 0.507 e. The molecule has 5 heteroatoms. The molecule has 0 amide bonds. The van der Waals surface area contributed by atoms with Gasteiger partial charge in [-0.05, 0) is 38.3 Å². The Balaban J connectivity index is 1.76. The van der Waals surface area contributed by atoms with Crippen LogP contribution < -0.4 is 5.32 Å². The number of hydrogen-bond donors (Lipinski definition) is 2. The number of aryl methyl sites for hydroxylation is 1. The molecule has 0 radical (unpaired) electrons. The van der Waals surface area contributed by atoms with Gasteiger partial charge in [0.2, 0.25) is 0 Å². The van der Waals surface area contributed by atoms with Gasteiger partial charge in [0, 0.05) is 24.9 Å². The number of para-hydroxylation sites is 1. The van der Waals surface area contributed by atoms with Gasteiger partial charge < -0.3 is 15.2 Å². The maximum atomic E-state index is 9.96. The van der Waals surface area contributed by atoms with E-state index < -0.39 is 0 Å². The number of aromatic nitrogens is 2. The third kappa shape index (κ3) is 3.54. The molecule has 0 unspecified atom stereocenters. The Morgan fingerprint density at radius 1 is 1.27 bits per heavy atom. The SMILES string of the molecule is Cc1cc(NC[C@@H]2CCCCO2)nc(-c2ccccc2O)n1. The molecule has 0 saturated carbocycles. The van der Waals surface area contributed by atoms with E-state index in [4.69, 9.17) is 4.74 Å². The Kier molecular flexibility index (Phi) is 4.53. The van der Waals surface area contributed by atoms with Crippen LogP contribution in [-0.2, 0) is 4.74 Å². The molecule has 116 valence electrons. The molecule has 1 saturated heterocycles. The minimum atomic E-state index is 0.190. The topological polar surface area (TPSA) is 67.3 Å². The minimum absolute atomic E-state index is 0.190. The summed E-state index contributed by atoms with van der Waals surface area (Å²) >= 11 is 0. The van der Waals surface area contributed by atoms with Crippen molar-refractivity contribution in [2.75, 3.05) is 18.5 Å². The zero-order chi connectivity index (χ0) is 15.4. The second-order valence-corrected chi connectivity index (χ2v) is 5.60. The highest BCUT2D eigenvalue weighted by Crippen LogP contribution is 2.26. The predicted octanol–water partition coefficient (Wildman–Crippen LogP) is 3.14. The van der Waals surface area contributed by atoms with Gasteiger partial charge in [0.05, 0.1) is 11.7 Å². The maximum absolute atomic E-state index is 9.96. The fourth-order valence-electron chi connectivity index (χ4n) is 2.63. The lowest BCUT2D eigenvalue weighted by atomic mass is 10.1. The van der Waals surface area contributed by atoms with Crippen molar-refractivity contribution in [2.45, 2.75) is 32.3 Å². The Labute approximate surface area is 130 Å². The first-order valence-electron chi connectivity index (χ1n) is 7.72. The van der Waals surface area contributed by atoms with Crippen LogP contribution in [0.4, 0.5) is 5.82 Å². The average Bonchev–Trinajstić information content (AvgIpc) is 2.54. The molecule has 1 aromatic carbocycles. The van der Waals surface area contributed by atoms with Crippen LogP contribution in [0.5, 0.6) is 5.75 Å². The van der Waals surface area contributed by atoms with E-state index in [2.05, 4.69) is 15.3 Å². The first-order chi connectivity index (χ1) is 10.7. The number of phenolic OH excluding ortho intramolecular Hbond substituents is 1. The summed E-state index contributed by atoms with van der Waals surface area (Å²) in [6, 6.07) is 9.02. The molecule has 1 aliphatic rings. The van der Waals surface area contributed by atoms with E-state index in [0.717, 1.165) is 37.5 Å². The number of anilines is 1. The Hall–Kier alpha value is -2.14. The standard InChI is InChI=1S/C17H21N3O2/c1-12-10-16(18-11-13-6-4-5-9-22-13)20-17(19-12)14-7-2-3-8-15(14)21/h2-3,7-8,10,13,21H,4-6,9,11H2,1H3,(H,18,19,20)/t13-/m0/s1. The average molecular weight is 299 g/mol. The van der Waals surface area contributed by atoms with E-state index in [1.165, 1.54) is 6.42 Å². The van der Waals surface area contributed by atoms with E-state index in [-0.39, 0.29) is 11.9 Å². The first-order valence-corrected chi connectivity index (χ1v) is 7.72. The fraction of sp³-hybridized carbons (Fsp3) is 0.412. The van der Waals surface area contributed by atoms with E-state index in [9.17, 15) is 5.11 Å². The second-order valence-electron chi connectivity index (χ2n) is 5.60. The third-order valence-corrected chi connectivity index (χ3v) is 3.78. The maximum Gasteiger partial charge on any atom is 0.165 e. The van der Waals surface area contributed by atoms with Crippen LogP contribution in [0.1, 0.15) is 25.0 Å². The molecule has 1 aromatic heterocycles. The zero-order valence-corrected chi connectivity index (χ0v) is 12.7. The van der Waals surface area contributed by atoms with Crippen LogP contribution in [0.25, 0.3) is 11.4 Å². The number of benzene rings is 1. The highest BCUT2D eigenvalue weighted by atomic mass is 16.5. The monoisotopic (exact) mass is 299 g/mol. The summed E-state index contributed by atoms with van der Waals surface area (Å²) in [6.07, 6.45) is 3.71. The summed E-state index contributed by atoms with van der Waals surface area (Å²) in [5, 5.41) is 13.3. The van der Waals surface area contributed by atoms with Crippen molar-refractivity contribution in [3.63, 3.8) is 0 Å². The first kappa shape index (κ1) is 14.8. The fourth-order valence-corrected chi connectivity index (χ4v) is 2.63. The van der Waals surface area contributed by atoms with Gasteiger partial charge in [0.15, 0.2) is 5.82 Å². The summed E-state index contributed by atoms with van der Waals surface area (Å²) in [5.74, 6) is 1.49. The lowest BCUT2D eigenvalue weighted by molar-refractivity contribution is 0.0247. The Morgan fingerprint density at radius 3 is 2.91 bits per heavy atom. The van der Waals surface area contributed by atoms with Gasteiger partial charge in [0.25, 0.3) is 0 Å². The lowest BCUT2D eigenvalue weighted by Crippen LogP contribution is -2.27. The van der Waals surface area contributed by atoms with Crippen molar-refractivity contribution >= 4 is 5.82 Å². The molecule has 22 heavy (non-hydrogen) atoms. The second kappa shape index (κ2) is 6.75. The van der Waals surface area contributed by atoms with Gasteiger partial charge in [-0.25, -0.2) is 9.97 Å². The summed E-state index contributed by atoms with van der Waals surface area (Å²) in [7, 11) is 0. The van der Waals surface area contributed by atoms with Crippen LogP contribution >= 0.6 is 0 Å². The van der Waals surface area contributed by atoms with E-state index >= 15 is 0 Å². The lowest BCUT2D eigenvalue weighted by Gasteiger charge is -2.23. The summed E-state index contributed by atoms with van der Waals surface area (Å²) in [4.78, 5) is 8.93. The van der Waals surface area contributed by atoms with Crippen molar-refractivity contribution < 1.29 is 9.84 Å². The van der Waals surface area contributed by atoms with Crippen LogP contribution in [-0.4, -0.2) is 34.3 Å². The van der Waals surface area contributed by atoms with Crippen molar-refractivity contribution in [2.24, 2.45) is 0 Å². The normalized spacial score (nSPS) is 18.1. The molecule has 0 aliphatic carbocycles. The number of rotatable bonds is 4. The molecule has 0 spiro atoms. The van der Waals surface area contributed by atoms with Gasteiger partial charge in [-0.3, -0.25) is 0 Å². The minimum Gasteiger partial charge on any atom is -0.507 e.